The van der Waals surface area contributed by atoms with E-state index < -0.39 is 0 Å². The van der Waals surface area contributed by atoms with Gasteiger partial charge in [-0.3, -0.25) is 9.69 Å². The molecule has 2 heterocycles. The fraction of sp³-hybridized carbons (Fsp3) is 0.917. The number of carbonyl (C=O) groups excluding carboxylic acids is 1. The molecule has 0 bridgehead atoms. The van der Waals surface area contributed by atoms with Gasteiger partial charge in [0, 0.05) is 19.1 Å². The second-order valence-electron chi connectivity index (χ2n) is 5.24. The number of β-amino-alcohol motifs (C(OH)–C–C–N with tert-alkyl or cyclic N) is 1. The molecule has 1 amide bonds. The highest BCUT2D eigenvalue weighted by Gasteiger charge is 2.37. The summed E-state index contributed by atoms with van der Waals surface area (Å²) in [6, 6.07) is 0.488. The van der Waals surface area contributed by atoms with Gasteiger partial charge in [0.25, 0.3) is 0 Å². The van der Waals surface area contributed by atoms with Crippen molar-refractivity contribution in [2.45, 2.75) is 51.3 Å². The van der Waals surface area contributed by atoms with Gasteiger partial charge in [-0.1, -0.05) is 6.42 Å². The maximum Gasteiger partial charge on any atom is 0.240 e. The van der Waals surface area contributed by atoms with Crippen LogP contribution in [0.2, 0.25) is 0 Å². The van der Waals surface area contributed by atoms with E-state index in [-0.39, 0.29) is 18.1 Å². The summed E-state index contributed by atoms with van der Waals surface area (Å²) in [6.07, 6.45) is 3.03. The van der Waals surface area contributed by atoms with Crippen molar-refractivity contribution >= 4 is 5.91 Å². The first-order chi connectivity index (χ1) is 7.59. The van der Waals surface area contributed by atoms with Crippen molar-refractivity contribution in [1.29, 1.82) is 0 Å². The molecule has 1 unspecified atom stereocenters. The van der Waals surface area contributed by atoms with Gasteiger partial charge in [0.05, 0.1) is 12.1 Å². The zero-order chi connectivity index (χ0) is 11.7. The SMILES string of the molecule is CC(C)N1CCCCC1C(=O)N1CC(O)C1. The summed E-state index contributed by atoms with van der Waals surface area (Å²) in [4.78, 5) is 16.3. The minimum absolute atomic E-state index is 0.0567. The molecule has 92 valence electrons. The van der Waals surface area contributed by atoms with Gasteiger partial charge in [-0.2, -0.15) is 0 Å². The van der Waals surface area contributed by atoms with E-state index >= 15 is 0 Å². The third kappa shape index (κ3) is 2.23. The molecule has 2 fully saturated rings. The molecule has 1 N–H and O–H groups in total. The maximum atomic E-state index is 12.2. The maximum absolute atomic E-state index is 12.2. The van der Waals surface area contributed by atoms with Crippen LogP contribution < -0.4 is 0 Å². The van der Waals surface area contributed by atoms with Crippen LogP contribution in [0.5, 0.6) is 0 Å². The van der Waals surface area contributed by atoms with E-state index in [1.165, 1.54) is 6.42 Å². The summed E-state index contributed by atoms with van der Waals surface area (Å²) in [5.41, 5.74) is 0. The highest BCUT2D eigenvalue weighted by Crippen LogP contribution is 2.23. The molecule has 0 aromatic rings. The Labute approximate surface area is 97.2 Å². The minimum Gasteiger partial charge on any atom is -0.389 e. The van der Waals surface area contributed by atoms with Crippen molar-refractivity contribution in [3.63, 3.8) is 0 Å². The lowest BCUT2D eigenvalue weighted by Gasteiger charge is -2.44. The Kier molecular flexibility index (Phi) is 3.50. The van der Waals surface area contributed by atoms with Crippen molar-refractivity contribution in [3.8, 4) is 0 Å². The molecule has 1 atom stereocenters. The average Bonchev–Trinajstić information content (AvgIpc) is 2.24. The van der Waals surface area contributed by atoms with Gasteiger partial charge < -0.3 is 10.0 Å². The van der Waals surface area contributed by atoms with Gasteiger partial charge in [-0.25, -0.2) is 0 Å². The van der Waals surface area contributed by atoms with E-state index in [2.05, 4.69) is 18.7 Å². The fourth-order valence-corrected chi connectivity index (χ4v) is 2.68. The van der Waals surface area contributed by atoms with Crippen LogP contribution in [0.3, 0.4) is 0 Å². The number of aliphatic hydroxyl groups excluding tert-OH is 1. The number of hydrogen-bond acceptors (Lipinski definition) is 3. The Hall–Kier alpha value is -0.610. The number of nitrogens with zero attached hydrogens (tertiary/aromatic N) is 2. The van der Waals surface area contributed by atoms with Gasteiger partial charge in [-0.05, 0) is 33.2 Å². The number of amides is 1. The molecule has 0 aliphatic carbocycles. The molecule has 16 heavy (non-hydrogen) atoms. The van der Waals surface area contributed by atoms with Crippen LogP contribution in [-0.2, 0) is 4.79 Å². The molecule has 2 aliphatic rings. The molecule has 0 aromatic heterocycles. The molecule has 0 spiro atoms. The average molecular weight is 226 g/mol. The van der Waals surface area contributed by atoms with Crippen molar-refractivity contribution in [3.05, 3.63) is 0 Å². The van der Waals surface area contributed by atoms with E-state index in [9.17, 15) is 9.90 Å². The second-order valence-corrected chi connectivity index (χ2v) is 5.24. The summed E-state index contributed by atoms with van der Waals surface area (Å²) >= 11 is 0. The molecule has 2 aliphatic heterocycles. The third-order valence-corrected chi connectivity index (χ3v) is 3.67. The van der Waals surface area contributed by atoms with Crippen LogP contribution in [0.25, 0.3) is 0 Å². The highest BCUT2D eigenvalue weighted by molar-refractivity contribution is 5.82. The first kappa shape index (κ1) is 11.9. The zero-order valence-corrected chi connectivity index (χ0v) is 10.2. The number of piperidine rings is 1. The molecule has 0 aromatic carbocycles. The minimum atomic E-state index is -0.292. The van der Waals surface area contributed by atoms with Gasteiger partial charge in [0.15, 0.2) is 0 Å². The summed E-state index contributed by atoms with van der Waals surface area (Å²) in [5, 5.41) is 9.23. The highest BCUT2D eigenvalue weighted by atomic mass is 16.3. The van der Waals surface area contributed by atoms with E-state index in [1.807, 2.05) is 0 Å². The lowest BCUT2D eigenvalue weighted by atomic mass is 9.97. The Morgan fingerprint density at radius 3 is 2.56 bits per heavy atom. The van der Waals surface area contributed by atoms with Crippen molar-refractivity contribution in [2.24, 2.45) is 0 Å². The summed E-state index contributed by atoms with van der Waals surface area (Å²) in [6.45, 7) is 6.39. The van der Waals surface area contributed by atoms with Crippen LogP contribution in [0.4, 0.5) is 0 Å². The molecule has 2 rings (SSSR count). The predicted molar refractivity (Wildman–Crippen MR) is 62.1 cm³/mol. The molecular formula is C12H22N2O2. The first-order valence-corrected chi connectivity index (χ1v) is 6.32. The summed E-state index contributed by atoms with van der Waals surface area (Å²) < 4.78 is 0. The van der Waals surface area contributed by atoms with Gasteiger partial charge in [0.1, 0.15) is 0 Å². The fourth-order valence-electron chi connectivity index (χ4n) is 2.68. The number of aliphatic hydroxyl groups is 1. The summed E-state index contributed by atoms with van der Waals surface area (Å²) in [7, 11) is 0. The van der Waals surface area contributed by atoms with E-state index in [4.69, 9.17) is 0 Å². The molecule has 4 nitrogen and oxygen atoms in total. The van der Waals surface area contributed by atoms with Gasteiger partial charge in [0.2, 0.25) is 5.91 Å². The van der Waals surface area contributed by atoms with Crippen LogP contribution in [0, 0.1) is 0 Å². The second kappa shape index (κ2) is 4.72. The normalized spacial score (nSPS) is 28.2. The quantitative estimate of drug-likeness (QED) is 0.743. The van der Waals surface area contributed by atoms with Crippen LogP contribution in [-0.4, -0.2) is 58.6 Å². The zero-order valence-electron chi connectivity index (χ0n) is 10.2. The standard InChI is InChI=1S/C12H22N2O2/c1-9(2)14-6-4-3-5-11(14)12(16)13-7-10(15)8-13/h9-11,15H,3-8H2,1-2H3. The molecule has 2 saturated heterocycles. The predicted octanol–water partition coefficient (Wildman–Crippen LogP) is 0.452. The smallest absolute Gasteiger partial charge is 0.240 e. The topological polar surface area (TPSA) is 43.8 Å². The lowest BCUT2D eigenvalue weighted by molar-refractivity contribution is -0.149. The van der Waals surface area contributed by atoms with E-state index in [0.29, 0.717) is 19.1 Å². The lowest BCUT2D eigenvalue weighted by Crippen LogP contribution is -2.60. The van der Waals surface area contributed by atoms with Gasteiger partial charge >= 0.3 is 0 Å². The first-order valence-electron chi connectivity index (χ1n) is 6.32. The monoisotopic (exact) mass is 226 g/mol. The van der Waals surface area contributed by atoms with E-state index in [1.54, 1.807) is 4.90 Å². The largest absolute Gasteiger partial charge is 0.389 e. The third-order valence-electron chi connectivity index (χ3n) is 3.67. The number of likely N-dealkylation sites (tertiary alicyclic amines) is 2. The molecule has 0 saturated carbocycles. The summed E-state index contributed by atoms with van der Waals surface area (Å²) in [5.74, 6) is 0.221. The number of hydrogen-bond donors (Lipinski definition) is 1. The molecular weight excluding hydrogens is 204 g/mol. The number of rotatable bonds is 2. The Morgan fingerprint density at radius 1 is 1.31 bits per heavy atom. The van der Waals surface area contributed by atoms with Crippen molar-refractivity contribution < 1.29 is 9.90 Å². The van der Waals surface area contributed by atoms with E-state index in [0.717, 1.165) is 19.4 Å². The Bertz CT molecular complexity index is 262. The van der Waals surface area contributed by atoms with Crippen LogP contribution >= 0.6 is 0 Å². The molecule has 4 heteroatoms. The van der Waals surface area contributed by atoms with Crippen molar-refractivity contribution in [2.75, 3.05) is 19.6 Å². The van der Waals surface area contributed by atoms with Crippen LogP contribution in [0.1, 0.15) is 33.1 Å². The van der Waals surface area contributed by atoms with Crippen LogP contribution in [0.15, 0.2) is 0 Å². The van der Waals surface area contributed by atoms with Gasteiger partial charge in [-0.15, -0.1) is 0 Å². The van der Waals surface area contributed by atoms with Crippen molar-refractivity contribution in [1.82, 2.24) is 9.80 Å². The Morgan fingerprint density at radius 2 is 2.00 bits per heavy atom. The Balaban J connectivity index is 1.97. The number of carbonyl (C=O) groups is 1. The molecule has 0 radical (unpaired) electrons.